The number of hydrogen-bond donors (Lipinski definition) is 1. The van der Waals surface area contributed by atoms with Gasteiger partial charge in [0.25, 0.3) is 5.82 Å². The molecular weight excluding hydrogens is 152 g/mol. The predicted molar refractivity (Wildman–Crippen MR) is 31.0 cm³/mol. The van der Waals surface area contributed by atoms with Crippen LogP contribution in [0.5, 0.6) is 0 Å². The first-order valence-electron chi connectivity index (χ1n) is 2.90. The van der Waals surface area contributed by atoms with Crippen LogP contribution in [0.3, 0.4) is 0 Å². The minimum absolute atomic E-state index is 0.201. The van der Waals surface area contributed by atoms with E-state index in [4.69, 9.17) is 5.21 Å². The van der Waals surface area contributed by atoms with Crippen molar-refractivity contribution in [1.29, 1.82) is 0 Å². The van der Waals surface area contributed by atoms with Crippen LogP contribution in [-0.4, -0.2) is 38.2 Å². The second-order valence-electron chi connectivity index (χ2n) is 1.60. The fraction of sp³-hybridized carbons (Fsp3) is 0.500. The molecule has 1 rings (SSSR count). The number of carbonyl (C=O) groups excluding carboxylic acids is 1. The molecule has 1 N–H and O–H groups in total. The van der Waals surface area contributed by atoms with E-state index >= 15 is 0 Å². The van der Waals surface area contributed by atoms with Gasteiger partial charge in [-0.05, 0) is 12.1 Å². The minimum Gasteiger partial charge on any atom is -0.460 e. The maximum Gasteiger partial charge on any atom is 0.380 e. The van der Waals surface area contributed by atoms with Crippen molar-refractivity contribution in [2.75, 3.05) is 6.61 Å². The van der Waals surface area contributed by atoms with E-state index in [1.165, 1.54) is 0 Å². The summed E-state index contributed by atoms with van der Waals surface area (Å²) >= 11 is 0. The Bertz CT molecular complexity index is 258. The second kappa shape index (κ2) is 2.95. The van der Waals surface area contributed by atoms with Crippen molar-refractivity contribution in [1.82, 2.24) is 20.4 Å². The van der Waals surface area contributed by atoms with Gasteiger partial charge in [-0.2, -0.15) is 0 Å². The average Bonchev–Trinajstić information content (AvgIpc) is 2.36. The summed E-state index contributed by atoms with van der Waals surface area (Å²) in [6.07, 6.45) is 0. The van der Waals surface area contributed by atoms with E-state index in [1.807, 2.05) is 0 Å². The third kappa shape index (κ3) is 1.63. The van der Waals surface area contributed by atoms with Gasteiger partial charge in [-0.15, -0.1) is 0 Å². The Morgan fingerprint density at radius 2 is 2.55 bits per heavy atom. The molecule has 7 nitrogen and oxygen atoms in total. The quantitative estimate of drug-likeness (QED) is 0.442. The van der Waals surface area contributed by atoms with E-state index < -0.39 is 5.97 Å². The number of ether oxygens (including phenoxy) is 1. The lowest BCUT2D eigenvalue weighted by atomic mass is 10.6. The maximum atomic E-state index is 10.7. The van der Waals surface area contributed by atoms with Crippen molar-refractivity contribution in [3.63, 3.8) is 0 Å². The first kappa shape index (κ1) is 7.45. The number of hydrogen-bond acceptors (Lipinski definition) is 6. The van der Waals surface area contributed by atoms with Crippen molar-refractivity contribution in [2.24, 2.45) is 0 Å². The Labute approximate surface area is 61.5 Å². The van der Waals surface area contributed by atoms with E-state index in [9.17, 15) is 4.79 Å². The Morgan fingerprint density at radius 1 is 1.82 bits per heavy atom. The standard InChI is InChI=1S/C4H6N4O3/c1-2-11-4(9)3-5-7-8(10)6-3/h10H,2H2,1H3. The summed E-state index contributed by atoms with van der Waals surface area (Å²) in [5.74, 6) is -0.956. The Morgan fingerprint density at radius 3 is 3.00 bits per heavy atom. The summed E-state index contributed by atoms with van der Waals surface area (Å²) in [7, 11) is 0. The van der Waals surface area contributed by atoms with Gasteiger partial charge >= 0.3 is 5.97 Å². The molecule has 1 heterocycles. The van der Waals surface area contributed by atoms with E-state index in [0.717, 1.165) is 0 Å². The van der Waals surface area contributed by atoms with Crippen LogP contribution in [-0.2, 0) is 4.74 Å². The Hall–Kier alpha value is -1.66. The molecule has 11 heavy (non-hydrogen) atoms. The van der Waals surface area contributed by atoms with Crippen LogP contribution in [0.2, 0.25) is 0 Å². The molecule has 1 aromatic rings. The molecule has 0 aliphatic heterocycles. The molecule has 1 aromatic heterocycles. The van der Waals surface area contributed by atoms with Crippen LogP contribution in [0.1, 0.15) is 17.5 Å². The van der Waals surface area contributed by atoms with Crippen molar-refractivity contribution < 1.29 is 14.7 Å². The zero-order chi connectivity index (χ0) is 8.27. The van der Waals surface area contributed by atoms with Crippen LogP contribution in [0.15, 0.2) is 0 Å². The van der Waals surface area contributed by atoms with Crippen LogP contribution in [0.25, 0.3) is 0 Å². The summed E-state index contributed by atoms with van der Waals surface area (Å²) in [6.45, 7) is 1.89. The molecular formula is C4H6N4O3. The lowest BCUT2D eigenvalue weighted by molar-refractivity contribution is 0.0502. The highest BCUT2D eigenvalue weighted by atomic mass is 16.5. The van der Waals surface area contributed by atoms with E-state index in [2.05, 4.69) is 20.1 Å². The summed E-state index contributed by atoms with van der Waals surface area (Å²) in [6, 6.07) is 0. The number of tetrazole rings is 1. The van der Waals surface area contributed by atoms with Gasteiger partial charge in [0.05, 0.1) is 6.61 Å². The highest BCUT2D eigenvalue weighted by Gasteiger charge is 2.12. The zero-order valence-electron chi connectivity index (χ0n) is 5.76. The third-order valence-electron chi connectivity index (χ3n) is 0.862. The molecule has 0 saturated heterocycles. The number of rotatable bonds is 2. The van der Waals surface area contributed by atoms with Crippen molar-refractivity contribution in [3.05, 3.63) is 5.82 Å². The molecule has 0 atom stereocenters. The lowest BCUT2D eigenvalue weighted by Gasteiger charge is -1.92. The summed E-state index contributed by atoms with van der Waals surface area (Å²) in [5.41, 5.74) is 0. The van der Waals surface area contributed by atoms with Gasteiger partial charge in [0, 0.05) is 4.96 Å². The van der Waals surface area contributed by atoms with Gasteiger partial charge in [-0.1, -0.05) is 10.2 Å². The van der Waals surface area contributed by atoms with Crippen molar-refractivity contribution >= 4 is 5.97 Å². The normalized spacial score (nSPS) is 9.55. The van der Waals surface area contributed by atoms with E-state index in [-0.39, 0.29) is 17.4 Å². The topological polar surface area (TPSA) is 90.1 Å². The minimum atomic E-state index is -0.701. The largest absolute Gasteiger partial charge is 0.460 e. The second-order valence-corrected chi connectivity index (χ2v) is 1.60. The summed E-state index contributed by atoms with van der Waals surface area (Å²) in [4.78, 5) is 10.9. The van der Waals surface area contributed by atoms with Crippen LogP contribution in [0.4, 0.5) is 0 Å². The Balaban J connectivity index is 2.69. The smallest absolute Gasteiger partial charge is 0.380 e. The van der Waals surface area contributed by atoms with E-state index in [0.29, 0.717) is 0 Å². The van der Waals surface area contributed by atoms with Gasteiger partial charge in [-0.25, -0.2) is 4.79 Å². The van der Waals surface area contributed by atoms with E-state index in [1.54, 1.807) is 6.92 Å². The monoisotopic (exact) mass is 158 g/mol. The molecule has 0 aromatic carbocycles. The van der Waals surface area contributed by atoms with Crippen LogP contribution in [0, 0.1) is 0 Å². The first-order chi connectivity index (χ1) is 5.24. The summed E-state index contributed by atoms with van der Waals surface area (Å²) < 4.78 is 4.51. The molecule has 0 unspecified atom stereocenters. The van der Waals surface area contributed by atoms with Gasteiger partial charge < -0.3 is 9.94 Å². The van der Waals surface area contributed by atoms with Gasteiger partial charge in [0.15, 0.2) is 0 Å². The van der Waals surface area contributed by atoms with Crippen LogP contribution >= 0.6 is 0 Å². The molecule has 0 amide bonds. The molecule has 0 aliphatic carbocycles. The average molecular weight is 158 g/mol. The highest BCUT2D eigenvalue weighted by molar-refractivity contribution is 5.84. The van der Waals surface area contributed by atoms with Crippen molar-refractivity contribution in [3.8, 4) is 0 Å². The predicted octanol–water partition coefficient (Wildman–Crippen LogP) is -0.913. The lowest BCUT2D eigenvalue weighted by Crippen LogP contribution is -2.07. The molecule has 7 heteroatoms. The summed E-state index contributed by atoms with van der Waals surface area (Å²) in [5, 5.41) is 17.9. The highest BCUT2D eigenvalue weighted by Crippen LogP contribution is 1.88. The van der Waals surface area contributed by atoms with Gasteiger partial charge in [-0.3, -0.25) is 0 Å². The number of nitrogens with zero attached hydrogens (tertiary/aromatic N) is 4. The number of esters is 1. The number of carbonyl (C=O) groups is 1. The molecule has 0 radical (unpaired) electrons. The van der Waals surface area contributed by atoms with Crippen molar-refractivity contribution in [2.45, 2.75) is 6.92 Å². The van der Waals surface area contributed by atoms with Crippen LogP contribution < -0.4 is 0 Å². The fourth-order valence-corrected chi connectivity index (χ4v) is 0.484. The molecule has 0 spiro atoms. The molecule has 0 bridgehead atoms. The van der Waals surface area contributed by atoms with Gasteiger partial charge in [0.2, 0.25) is 0 Å². The Kier molecular flexibility index (Phi) is 2.00. The molecule has 0 saturated carbocycles. The molecule has 0 fully saturated rings. The zero-order valence-corrected chi connectivity index (χ0v) is 5.76. The first-order valence-corrected chi connectivity index (χ1v) is 2.90. The SMILES string of the molecule is CCOC(=O)c1nnn(O)n1. The third-order valence-corrected chi connectivity index (χ3v) is 0.862. The number of aromatic nitrogens is 4. The molecule has 60 valence electrons. The maximum absolute atomic E-state index is 10.7. The molecule has 0 aliphatic rings. The fourth-order valence-electron chi connectivity index (χ4n) is 0.484. The van der Waals surface area contributed by atoms with Gasteiger partial charge in [0.1, 0.15) is 0 Å².